The summed E-state index contributed by atoms with van der Waals surface area (Å²) >= 11 is 0. The number of pyridine rings is 1. The Morgan fingerprint density at radius 3 is 2.72 bits per heavy atom. The number of hydrogen-bond donors (Lipinski definition) is 0. The number of rotatable bonds is 3. The second-order valence-corrected chi connectivity index (χ2v) is 7.96. The first-order valence-corrected chi connectivity index (χ1v) is 9.66. The molecule has 0 amide bonds. The van der Waals surface area contributed by atoms with E-state index in [-0.39, 0.29) is 11.4 Å². The molecule has 0 radical (unpaired) electrons. The maximum atomic E-state index is 12.8. The van der Waals surface area contributed by atoms with Crippen LogP contribution in [0.3, 0.4) is 0 Å². The minimum Gasteiger partial charge on any atom is -0.378 e. The number of morpholine rings is 1. The van der Waals surface area contributed by atoms with Crippen molar-refractivity contribution in [3.63, 3.8) is 0 Å². The molecule has 25 heavy (non-hydrogen) atoms. The van der Waals surface area contributed by atoms with Gasteiger partial charge in [-0.2, -0.15) is 4.31 Å². The van der Waals surface area contributed by atoms with Crippen molar-refractivity contribution in [1.82, 2.24) is 19.3 Å². The van der Waals surface area contributed by atoms with Crippen LogP contribution < -0.4 is 4.90 Å². The van der Waals surface area contributed by atoms with Crippen LogP contribution in [0.4, 0.5) is 5.95 Å². The quantitative estimate of drug-likeness (QED) is 0.784. The van der Waals surface area contributed by atoms with Crippen molar-refractivity contribution in [2.24, 2.45) is 0 Å². The Bertz CT molecular complexity index is 853. The van der Waals surface area contributed by atoms with Crippen molar-refractivity contribution < 1.29 is 13.2 Å². The van der Waals surface area contributed by atoms with E-state index in [4.69, 9.17) is 4.74 Å². The van der Waals surface area contributed by atoms with Crippen LogP contribution in [0.1, 0.15) is 11.3 Å². The summed E-state index contributed by atoms with van der Waals surface area (Å²) < 4.78 is 32.4. The van der Waals surface area contributed by atoms with Gasteiger partial charge in [0.25, 0.3) is 0 Å². The molecule has 9 heteroatoms. The summed E-state index contributed by atoms with van der Waals surface area (Å²) in [5.74, 6) is 0.641. The van der Waals surface area contributed by atoms with Crippen molar-refractivity contribution in [2.75, 3.05) is 37.7 Å². The van der Waals surface area contributed by atoms with Crippen LogP contribution in [0.25, 0.3) is 0 Å². The first kappa shape index (κ1) is 16.4. The molecule has 0 saturated carbocycles. The normalized spacial score (nSPS) is 18.8. The zero-order valence-corrected chi connectivity index (χ0v) is 14.5. The van der Waals surface area contributed by atoms with Crippen LogP contribution >= 0.6 is 0 Å². The minimum absolute atomic E-state index is 0.209. The monoisotopic (exact) mass is 361 g/mol. The van der Waals surface area contributed by atoms with Gasteiger partial charge in [0.05, 0.1) is 25.5 Å². The maximum Gasteiger partial charge on any atom is 0.244 e. The van der Waals surface area contributed by atoms with Crippen LogP contribution in [-0.4, -0.2) is 60.5 Å². The molecule has 132 valence electrons. The highest BCUT2D eigenvalue weighted by molar-refractivity contribution is 7.89. The number of anilines is 1. The van der Waals surface area contributed by atoms with Crippen LogP contribution in [0, 0.1) is 0 Å². The van der Waals surface area contributed by atoms with Gasteiger partial charge in [0, 0.05) is 38.2 Å². The highest BCUT2D eigenvalue weighted by Crippen LogP contribution is 2.24. The molecule has 2 aliphatic rings. The van der Waals surface area contributed by atoms with Gasteiger partial charge in [-0.05, 0) is 24.1 Å². The van der Waals surface area contributed by atoms with Crippen LogP contribution in [-0.2, 0) is 27.7 Å². The molecule has 0 atom stereocenters. The number of sulfonamides is 1. The van der Waals surface area contributed by atoms with E-state index in [1.807, 2.05) is 6.20 Å². The second-order valence-electron chi connectivity index (χ2n) is 6.02. The number of fused-ring (bicyclic) bond motifs is 1. The Hall–Kier alpha value is -2.10. The highest BCUT2D eigenvalue weighted by atomic mass is 32.2. The van der Waals surface area contributed by atoms with Crippen molar-refractivity contribution in [3.05, 3.63) is 42.0 Å². The fourth-order valence-corrected chi connectivity index (χ4v) is 4.40. The molecule has 2 aliphatic heterocycles. The molecule has 0 aliphatic carbocycles. The predicted octanol–water partition coefficient (Wildman–Crippen LogP) is 0.455. The third-order valence-corrected chi connectivity index (χ3v) is 6.29. The van der Waals surface area contributed by atoms with Crippen LogP contribution in [0.15, 0.2) is 35.6 Å². The van der Waals surface area contributed by atoms with E-state index in [0.717, 1.165) is 24.3 Å². The summed E-state index contributed by atoms with van der Waals surface area (Å²) in [6.45, 7) is 3.48. The second kappa shape index (κ2) is 6.66. The van der Waals surface area contributed by atoms with Gasteiger partial charge >= 0.3 is 0 Å². The van der Waals surface area contributed by atoms with E-state index in [1.165, 1.54) is 10.5 Å². The van der Waals surface area contributed by atoms with Gasteiger partial charge in [-0.15, -0.1) is 0 Å². The van der Waals surface area contributed by atoms with E-state index in [1.54, 1.807) is 18.3 Å². The molecule has 4 heterocycles. The molecule has 0 bridgehead atoms. The smallest absolute Gasteiger partial charge is 0.244 e. The fourth-order valence-electron chi connectivity index (χ4n) is 3.04. The topological polar surface area (TPSA) is 88.5 Å². The zero-order valence-electron chi connectivity index (χ0n) is 13.7. The van der Waals surface area contributed by atoms with Gasteiger partial charge < -0.3 is 9.64 Å². The molecule has 4 rings (SSSR count). The van der Waals surface area contributed by atoms with E-state index >= 15 is 0 Å². The summed E-state index contributed by atoms with van der Waals surface area (Å²) in [6, 6.07) is 3.19. The molecule has 0 aromatic carbocycles. The third kappa shape index (κ3) is 3.22. The Kier molecular flexibility index (Phi) is 4.36. The fraction of sp³-hybridized carbons (Fsp3) is 0.438. The highest BCUT2D eigenvalue weighted by Gasteiger charge is 2.30. The summed E-state index contributed by atoms with van der Waals surface area (Å²) in [5.41, 5.74) is 1.78. The zero-order chi connectivity index (χ0) is 17.3. The molecule has 2 aromatic rings. The minimum atomic E-state index is -3.57. The predicted molar refractivity (Wildman–Crippen MR) is 90.6 cm³/mol. The molecule has 8 nitrogen and oxygen atoms in total. The molecule has 1 saturated heterocycles. The summed E-state index contributed by atoms with van der Waals surface area (Å²) in [7, 11) is -3.57. The molecular formula is C16H19N5O3S. The molecule has 0 N–H and O–H groups in total. The lowest BCUT2D eigenvalue weighted by Crippen LogP contribution is -2.39. The van der Waals surface area contributed by atoms with Crippen molar-refractivity contribution in [2.45, 2.75) is 17.9 Å². The first-order chi connectivity index (χ1) is 12.1. The largest absolute Gasteiger partial charge is 0.378 e. The lowest BCUT2D eigenvalue weighted by molar-refractivity contribution is 0.122. The average Bonchev–Trinajstić information content (AvgIpc) is 2.68. The van der Waals surface area contributed by atoms with E-state index in [9.17, 15) is 8.42 Å². The van der Waals surface area contributed by atoms with Gasteiger partial charge in [-0.1, -0.05) is 0 Å². The van der Waals surface area contributed by atoms with E-state index in [2.05, 4.69) is 19.9 Å². The molecule has 2 aromatic heterocycles. The van der Waals surface area contributed by atoms with E-state index < -0.39 is 10.0 Å². The number of hydrogen-bond acceptors (Lipinski definition) is 7. The molecule has 0 spiro atoms. The number of nitrogens with zero attached hydrogens (tertiary/aromatic N) is 5. The van der Waals surface area contributed by atoms with Crippen molar-refractivity contribution in [1.29, 1.82) is 0 Å². The number of aromatic nitrogens is 3. The molecule has 1 fully saturated rings. The summed E-state index contributed by atoms with van der Waals surface area (Å²) in [5, 5.41) is 0. The standard InChI is InChI=1S/C16H19N5O3S/c22-25(23,14-2-1-4-17-11-14)21-5-3-13-10-18-16(19-15(13)12-21)20-6-8-24-9-7-20/h1-2,4,10-11H,3,5-9,12H2. The SMILES string of the molecule is O=S(=O)(c1cccnc1)N1CCc2cnc(N3CCOCC3)nc2C1. The van der Waals surface area contributed by atoms with Crippen molar-refractivity contribution in [3.8, 4) is 0 Å². The molecule has 0 unspecified atom stereocenters. The van der Waals surface area contributed by atoms with Gasteiger partial charge in [0.2, 0.25) is 16.0 Å². The molecular weight excluding hydrogens is 342 g/mol. The van der Waals surface area contributed by atoms with Gasteiger partial charge in [-0.3, -0.25) is 4.98 Å². The van der Waals surface area contributed by atoms with Crippen LogP contribution in [0.5, 0.6) is 0 Å². The lowest BCUT2D eigenvalue weighted by atomic mass is 10.1. The van der Waals surface area contributed by atoms with Gasteiger partial charge in [-0.25, -0.2) is 18.4 Å². The Labute approximate surface area is 146 Å². The first-order valence-electron chi connectivity index (χ1n) is 8.22. The van der Waals surface area contributed by atoms with Gasteiger partial charge in [0.15, 0.2) is 0 Å². The van der Waals surface area contributed by atoms with Gasteiger partial charge in [0.1, 0.15) is 4.90 Å². The average molecular weight is 361 g/mol. The third-order valence-electron chi connectivity index (χ3n) is 4.46. The Morgan fingerprint density at radius 2 is 1.96 bits per heavy atom. The number of ether oxygens (including phenoxy) is 1. The van der Waals surface area contributed by atoms with E-state index in [0.29, 0.717) is 32.1 Å². The van der Waals surface area contributed by atoms with Crippen LogP contribution in [0.2, 0.25) is 0 Å². The summed E-state index contributed by atoms with van der Waals surface area (Å²) in [4.78, 5) is 15.3. The Balaban J connectivity index is 1.60. The summed E-state index contributed by atoms with van der Waals surface area (Å²) in [6.07, 6.45) is 5.37. The van der Waals surface area contributed by atoms with Crippen molar-refractivity contribution >= 4 is 16.0 Å². The Morgan fingerprint density at radius 1 is 1.12 bits per heavy atom. The lowest BCUT2D eigenvalue weighted by Gasteiger charge is -2.30. The maximum absolute atomic E-state index is 12.8.